The number of hydrogen-bond acceptors (Lipinski definition) is 5. The van der Waals surface area contributed by atoms with E-state index in [1.54, 1.807) is 35.4 Å². The van der Waals surface area contributed by atoms with Crippen LogP contribution in [0.4, 0.5) is 8.78 Å². The molecule has 0 fully saturated rings. The molecule has 0 N–H and O–H groups in total. The molecule has 1 unspecified atom stereocenters. The molecule has 1 aliphatic heterocycles. The molecule has 2 aliphatic rings. The minimum absolute atomic E-state index is 0.00990. The lowest BCUT2D eigenvalue weighted by molar-refractivity contribution is -0.119. The summed E-state index contributed by atoms with van der Waals surface area (Å²) in [7, 11) is 0. The first kappa shape index (κ1) is 14.2. The van der Waals surface area contributed by atoms with Crippen molar-refractivity contribution in [1.29, 1.82) is 0 Å². The van der Waals surface area contributed by atoms with Gasteiger partial charge in [-0.2, -0.15) is 4.99 Å². The highest BCUT2D eigenvalue weighted by molar-refractivity contribution is 6.24. The van der Waals surface area contributed by atoms with Gasteiger partial charge < -0.3 is 0 Å². The van der Waals surface area contributed by atoms with Crippen molar-refractivity contribution in [3.8, 4) is 5.82 Å². The van der Waals surface area contributed by atoms with Gasteiger partial charge in [0.15, 0.2) is 23.3 Å². The van der Waals surface area contributed by atoms with Gasteiger partial charge in [0, 0.05) is 12.4 Å². The van der Waals surface area contributed by atoms with Crippen LogP contribution in [0.2, 0.25) is 0 Å². The van der Waals surface area contributed by atoms with Crippen LogP contribution in [-0.4, -0.2) is 37.2 Å². The molecule has 0 spiro atoms. The SMILES string of the molecule is O=C1N=C(c2ccc(-n3ccnc3)nn2)N=C2C=CC(F)=C(F)C12. The van der Waals surface area contributed by atoms with Gasteiger partial charge in [0.05, 0.1) is 5.71 Å². The molecule has 7 nitrogen and oxygen atoms in total. The number of halogens is 2. The second-order valence-electron chi connectivity index (χ2n) is 5.02. The molecule has 0 bridgehead atoms. The Labute approximate surface area is 133 Å². The number of rotatable bonds is 2. The summed E-state index contributed by atoms with van der Waals surface area (Å²) in [6, 6.07) is 3.23. The Morgan fingerprint density at radius 2 is 1.96 bits per heavy atom. The van der Waals surface area contributed by atoms with Crippen molar-refractivity contribution in [2.24, 2.45) is 15.9 Å². The quantitative estimate of drug-likeness (QED) is 0.841. The average molecular weight is 326 g/mol. The summed E-state index contributed by atoms with van der Waals surface area (Å²) in [4.78, 5) is 23.7. The Morgan fingerprint density at radius 1 is 1.08 bits per heavy atom. The van der Waals surface area contributed by atoms with Crippen LogP contribution >= 0.6 is 0 Å². The van der Waals surface area contributed by atoms with Crippen LogP contribution in [0, 0.1) is 5.92 Å². The Kier molecular flexibility index (Phi) is 3.19. The summed E-state index contributed by atoms with van der Waals surface area (Å²) in [5.74, 6) is -3.97. The number of nitrogens with zero attached hydrogens (tertiary/aromatic N) is 6. The molecular weight excluding hydrogens is 318 g/mol. The first-order chi connectivity index (χ1) is 11.6. The van der Waals surface area contributed by atoms with Crippen molar-refractivity contribution in [2.75, 3.05) is 0 Å². The first-order valence-electron chi connectivity index (χ1n) is 6.90. The van der Waals surface area contributed by atoms with Crippen LogP contribution in [0.15, 0.2) is 64.6 Å². The first-order valence-corrected chi connectivity index (χ1v) is 6.90. The molecule has 3 heterocycles. The molecule has 0 saturated heterocycles. The normalized spacial score (nSPS) is 19.9. The van der Waals surface area contributed by atoms with E-state index >= 15 is 0 Å². The third kappa shape index (κ3) is 2.26. The Bertz CT molecular complexity index is 941. The van der Waals surface area contributed by atoms with E-state index < -0.39 is 23.5 Å². The summed E-state index contributed by atoms with van der Waals surface area (Å²) in [5.41, 5.74) is 0.339. The fourth-order valence-electron chi connectivity index (χ4n) is 2.35. The van der Waals surface area contributed by atoms with Crippen molar-refractivity contribution in [2.45, 2.75) is 0 Å². The Hall–Kier alpha value is -3.36. The van der Waals surface area contributed by atoms with E-state index in [0.29, 0.717) is 5.82 Å². The molecular formula is C15H8F2N6O. The van der Waals surface area contributed by atoms with Gasteiger partial charge in [-0.25, -0.2) is 18.8 Å². The summed E-state index contributed by atoms with van der Waals surface area (Å²) < 4.78 is 28.7. The van der Waals surface area contributed by atoms with E-state index in [2.05, 4.69) is 25.2 Å². The summed E-state index contributed by atoms with van der Waals surface area (Å²) in [6.07, 6.45) is 7.04. The number of carbonyl (C=O) groups excluding carboxylic acids is 1. The highest BCUT2D eigenvalue weighted by Crippen LogP contribution is 2.29. The third-order valence-corrected chi connectivity index (χ3v) is 3.52. The van der Waals surface area contributed by atoms with Gasteiger partial charge in [-0.1, -0.05) is 0 Å². The van der Waals surface area contributed by atoms with Gasteiger partial charge >= 0.3 is 0 Å². The van der Waals surface area contributed by atoms with Crippen molar-refractivity contribution in [3.05, 3.63) is 60.4 Å². The van der Waals surface area contributed by atoms with Crippen LogP contribution < -0.4 is 0 Å². The predicted octanol–water partition coefficient (Wildman–Crippen LogP) is 1.73. The number of fused-ring (bicyclic) bond motifs is 1. The molecule has 1 aliphatic carbocycles. The third-order valence-electron chi connectivity index (χ3n) is 3.52. The Balaban J connectivity index is 1.68. The maximum atomic E-state index is 13.7. The van der Waals surface area contributed by atoms with Gasteiger partial charge in [-0.3, -0.25) is 9.36 Å². The molecule has 2 aromatic rings. The van der Waals surface area contributed by atoms with Gasteiger partial charge in [-0.05, 0) is 24.3 Å². The van der Waals surface area contributed by atoms with Crippen LogP contribution in [-0.2, 0) is 4.79 Å². The second-order valence-corrected chi connectivity index (χ2v) is 5.02. The average Bonchev–Trinajstić information content (AvgIpc) is 3.12. The number of aliphatic imine (C=N–C) groups is 2. The van der Waals surface area contributed by atoms with Crippen LogP contribution in [0.3, 0.4) is 0 Å². The molecule has 0 saturated carbocycles. The fourth-order valence-corrected chi connectivity index (χ4v) is 2.35. The van der Waals surface area contributed by atoms with Crippen molar-refractivity contribution < 1.29 is 13.6 Å². The van der Waals surface area contributed by atoms with E-state index in [4.69, 9.17) is 0 Å². The lowest BCUT2D eigenvalue weighted by Gasteiger charge is -2.19. The largest absolute Gasteiger partial charge is 0.289 e. The van der Waals surface area contributed by atoms with Crippen molar-refractivity contribution in [3.63, 3.8) is 0 Å². The number of allylic oxidation sites excluding steroid dienone is 3. The van der Waals surface area contributed by atoms with E-state index in [0.717, 1.165) is 6.08 Å². The summed E-state index contributed by atoms with van der Waals surface area (Å²) >= 11 is 0. The van der Waals surface area contributed by atoms with E-state index in [1.807, 2.05) is 0 Å². The molecule has 1 atom stereocenters. The van der Waals surface area contributed by atoms with Crippen molar-refractivity contribution in [1.82, 2.24) is 19.7 Å². The van der Waals surface area contributed by atoms with E-state index in [9.17, 15) is 13.6 Å². The molecule has 118 valence electrons. The molecule has 9 heteroatoms. The minimum atomic E-state index is -1.42. The molecule has 4 rings (SSSR count). The fraction of sp³-hybridized carbons (Fsp3) is 0.0667. The highest BCUT2D eigenvalue weighted by Gasteiger charge is 2.36. The van der Waals surface area contributed by atoms with Crippen LogP contribution in [0.25, 0.3) is 5.82 Å². The zero-order valence-corrected chi connectivity index (χ0v) is 12.0. The van der Waals surface area contributed by atoms with Gasteiger partial charge in [0.2, 0.25) is 0 Å². The second kappa shape index (κ2) is 5.37. The lowest BCUT2D eigenvalue weighted by atomic mass is 9.94. The zero-order valence-electron chi connectivity index (χ0n) is 12.0. The summed E-state index contributed by atoms with van der Waals surface area (Å²) in [6.45, 7) is 0. The topological polar surface area (TPSA) is 85.4 Å². The zero-order chi connectivity index (χ0) is 16.7. The van der Waals surface area contributed by atoms with Gasteiger partial charge in [0.1, 0.15) is 17.9 Å². The van der Waals surface area contributed by atoms with E-state index in [1.165, 1.54) is 6.08 Å². The maximum absolute atomic E-state index is 13.7. The van der Waals surface area contributed by atoms with Gasteiger partial charge in [0.25, 0.3) is 5.91 Å². The van der Waals surface area contributed by atoms with E-state index in [-0.39, 0.29) is 17.2 Å². The van der Waals surface area contributed by atoms with Gasteiger partial charge in [-0.15, -0.1) is 10.2 Å². The number of amides is 1. The smallest absolute Gasteiger partial charge is 0.263 e. The summed E-state index contributed by atoms with van der Waals surface area (Å²) in [5, 5.41) is 7.97. The number of hydrogen-bond donors (Lipinski definition) is 0. The number of carbonyl (C=O) groups is 1. The molecule has 2 aromatic heterocycles. The Morgan fingerprint density at radius 3 is 2.67 bits per heavy atom. The molecule has 0 radical (unpaired) electrons. The standard InChI is InChI=1S/C15H8F2N6O/c16-8-1-2-9-12(13(8)17)15(24)20-14(19-9)10-3-4-11(22-21-10)23-6-5-18-7-23/h1-7,12H. The van der Waals surface area contributed by atoms with Crippen LogP contribution in [0.5, 0.6) is 0 Å². The minimum Gasteiger partial charge on any atom is -0.289 e. The lowest BCUT2D eigenvalue weighted by Crippen LogP contribution is -2.30. The van der Waals surface area contributed by atoms with Crippen LogP contribution in [0.1, 0.15) is 5.69 Å². The number of imidazole rings is 1. The maximum Gasteiger partial charge on any atom is 0.263 e. The predicted molar refractivity (Wildman–Crippen MR) is 80.0 cm³/mol. The highest BCUT2D eigenvalue weighted by atomic mass is 19.2. The molecule has 24 heavy (non-hydrogen) atoms. The number of aromatic nitrogens is 4. The molecule has 1 amide bonds. The van der Waals surface area contributed by atoms with Crippen molar-refractivity contribution >= 4 is 17.5 Å². The molecule has 0 aromatic carbocycles. The monoisotopic (exact) mass is 326 g/mol. The number of amidine groups is 1.